The lowest BCUT2D eigenvalue weighted by Gasteiger charge is -2.47. The highest BCUT2D eigenvalue weighted by molar-refractivity contribution is 5.64. The zero-order valence-electron chi connectivity index (χ0n) is 27.4. The largest absolute Gasteiger partial charge is 0.399 e. The molecule has 20 nitrogen and oxygen atoms in total. The van der Waals surface area contributed by atoms with Gasteiger partial charge >= 0.3 is 0 Å². The maximum Gasteiger partial charge on any atom is 0.187 e. The summed E-state index contributed by atoms with van der Waals surface area (Å²) in [7, 11) is 0. The number of aliphatic hydroxyl groups excluding tert-OH is 6. The summed E-state index contributed by atoms with van der Waals surface area (Å²) in [4.78, 5) is 5.42. The maximum absolute atomic E-state index is 11.5. The lowest BCUT2D eigenvalue weighted by molar-refractivity contribution is -0.305. The fourth-order valence-corrected chi connectivity index (χ4v) is 6.39. The van der Waals surface area contributed by atoms with E-state index in [0.29, 0.717) is 5.69 Å². The Morgan fingerprint density at radius 2 is 1.32 bits per heavy atom. The number of rotatable bonds is 11. The summed E-state index contributed by atoms with van der Waals surface area (Å²) >= 11 is 0. The molecular weight excluding hydrogens is 666 g/mol. The van der Waals surface area contributed by atoms with E-state index in [0.717, 1.165) is 5.56 Å². The number of nitrogens with two attached hydrogens (primary N) is 6. The Labute approximate surface area is 288 Å². The molecule has 0 unspecified atom stereocenters. The maximum atomic E-state index is 11.5. The van der Waals surface area contributed by atoms with E-state index in [9.17, 15) is 30.6 Å². The van der Waals surface area contributed by atoms with Gasteiger partial charge in [-0.3, -0.25) is 0 Å². The Kier molecular flexibility index (Phi) is 13.0. The molecule has 1 aliphatic carbocycles. The second-order valence-corrected chi connectivity index (χ2v) is 13.2. The molecule has 5 rings (SSSR count). The summed E-state index contributed by atoms with van der Waals surface area (Å²) in [6.07, 6.45) is -18.3. The van der Waals surface area contributed by atoms with E-state index in [-0.39, 0.29) is 19.6 Å². The molecule has 4 aliphatic rings. The first-order valence-corrected chi connectivity index (χ1v) is 16.4. The first-order valence-electron chi connectivity index (χ1n) is 16.4. The Morgan fingerprint density at radius 3 is 1.98 bits per heavy atom. The van der Waals surface area contributed by atoms with Crippen molar-refractivity contribution < 1.29 is 63.9 Å². The Hall–Kier alpha value is -2.19. The molecule has 50 heavy (non-hydrogen) atoms. The monoisotopic (exact) mass is 717 g/mol. The van der Waals surface area contributed by atoms with E-state index >= 15 is 0 Å². The van der Waals surface area contributed by atoms with Crippen LogP contribution in [0.1, 0.15) is 18.9 Å². The molecule has 0 amide bonds. The van der Waals surface area contributed by atoms with Crippen LogP contribution >= 0.6 is 0 Å². The van der Waals surface area contributed by atoms with Crippen LogP contribution in [0.15, 0.2) is 29.4 Å². The predicted octanol–water partition coefficient (Wildman–Crippen LogP) is -6.04. The van der Waals surface area contributed by atoms with Gasteiger partial charge in [0.25, 0.3) is 0 Å². The van der Waals surface area contributed by atoms with Crippen molar-refractivity contribution in [3.05, 3.63) is 29.8 Å². The molecule has 284 valence electrons. The first-order chi connectivity index (χ1) is 23.7. The van der Waals surface area contributed by atoms with Crippen molar-refractivity contribution in [2.24, 2.45) is 33.8 Å². The number of oxime groups is 1. The molecular formula is C30H51N7O13. The van der Waals surface area contributed by atoms with Crippen LogP contribution in [-0.4, -0.2) is 160 Å². The summed E-state index contributed by atoms with van der Waals surface area (Å²) in [6.45, 7) is 1.42. The normalized spacial score (nSPS) is 47.1. The topological polar surface area (TPSA) is 354 Å². The molecule has 19 atom stereocenters. The highest BCUT2D eigenvalue weighted by atomic mass is 16.8. The minimum Gasteiger partial charge on any atom is -0.399 e. The van der Waals surface area contributed by atoms with Crippen LogP contribution in [0.5, 0.6) is 0 Å². The van der Waals surface area contributed by atoms with Crippen molar-refractivity contribution in [2.45, 2.75) is 136 Å². The van der Waals surface area contributed by atoms with Crippen LogP contribution in [0.3, 0.4) is 0 Å². The number of benzene rings is 1. The molecule has 1 aromatic carbocycles. The lowest BCUT2D eigenvalue weighted by atomic mass is 9.84. The second kappa shape index (κ2) is 16.7. The van der Waals surface area contributed by atoms with Gasteiger partial charge in [0.2, 0.25) is 0 Å². The Bertz CT molecular complexity index is 1260. The van der Waals surface area contributed by atoms with Gasteiger partial charge < -0.3 is 98.3 Å². The molecule has 0 aromatic heterocycles. The van der Waals surface area contributed by atoms with Crippen molar-refractivity contribution in [2.75, 3.05) is 12.3 Å². The zero-order valence-corrected chi connectivity index (χ0v) is 27.4. The van der Waals surface area contributed by atoms with E-state index in [1.165, 1.54) is 13.1 Å². The first kappa shape index (κ1) is 39.0. The van der Waals surface area contributed by atoms with E-state index in [1.54, 1.807) is 24.3 Å². The minimum atomic E-state index is -1.62. The van der Waals surface area contributed by atoms with Crippen LogP contribution in [-0.2, 0) is 39.9 Å². The third-order valence-corrected chi connectivity index (χ3v) is 9.53. The minimum absolute atomic E-state index is 0.0646. The van der Waals surface area contributed by atoms with Crippen molar-refractivity contribution in [3.8, 4) is 0 Å². The number of hydrogen-bond acceptors (Lipinski definition) is 20. The average molecular weight is 718 g/mol. The van der Waals surface area contributed by atoms with E-state index in [2.05, 4.69) is 5.16 Å². The van der Waals surface area contributed by atoms with Crippen molar-refractivity contribution >= 4 is 11.9 Å². The summed E-state index contributed by atoms with van der Waals surface area (Å²) < 4.78 is 35.7. The van der Waals surface area contributed by atoms with Gasteiger partial charge in [0, 0.05) is 24.3 Å². The smallest absolute Gasteiger partial charge is 0.187 e. The molecule has 20 heteroatoms. The van der Waals surface area contributed by atoms with E-state index < -0.39 is 116 Å². The van der Waals surface area contributed by atoms with Crippen LogP contribution in [0.4, 0.5) is 5.69 Å². The number of hydrogen-bond donors (Lipinski definition) is 12. The predicted molar refractivity (Wildman–Crippen MR) is 172 cm³/mol. The van der Waals surface area contributed by atoms with Crippen molar-refractivity contribution in [3.63, 3.8) is 0 Å². The zero-order chi connectivity index (χ0) is 36.4. The van der Waals surface area contributed by atoms with Crippen LogP contribution in [0.2, 0.25) is 0 Å². The van der Waals surface area contributed by atoms with Crippen LogP contribution in [0.25, 0.3) is 0 Å². The lowest BCUT2D eigenvalue weighted by Crippen LogP contribution is -2.67. The molecule has 3 aliphatic heterocycles. The number of aliphatic hydroxyl groups is 6. The van der Waals surface area contributed by atoms with Gasteiger partial charge in [-0.2, -0.15) is 0 Å². The van der Waals surface area contributed by atoms with Gasteiger partial charge in [-0.25, -0.2) is 0 Å². The molecule has 0 spiro atoms. The van der Waals surface area contributed by atoms with Crippen LogP contribution < -0.4 is 34.4 Å². The highest BCUT2D eigenvalue weighted by Gasteiger charge is 2.54. The average Bonchev–Trinajstić information content (AvgIpc) is 3.38. The van der Waals surface area contributed by atoms with Gasteiger partial charge in [-0.1, -0.05) is 17.3 Å². The fourth-order valence-electron chi connectivity index (χ4n) is 6.39. The van der Waals surface area contributed by atoms with E-state index in [4.69, 9.17) is 67.7 Å². The van der Waals surface area contributed by atoms with Gasteiger partial charge in [0.15, 0.2) is 18.9 Å². The fraction of sp³-hybridized carbons (Fsp3) is 0.767. The summed E-state index contributed by atoms with van der Waals surface area (Å²) in [6, 6.07) is 2.75. The quantitative estimate of drug-likeness (QED) is 0.0575. The van der Waals surface area contributed by atoms with Crippen molar-refractivity contribution in [1.29, 1.82) is 0 Å². The molecule has 0 radical (unpaired) electrons. The van der Waals surface area contributed by atoms with Gasteiger partial charge in [-0.05, 0) is 31.0 Å². The summed E-state index contributed by atoms with van der Waals surface area (Å²) in [5.41, 5.74) is 37.6. The molecule has 3 heterocycles. The number of ether oxygens (including phenoxy) is 6. The third-order valence-electron chi connectivity index (χ3n) is 9.53. The molecule has 3 saturated heterocycles. The Balaban J connectivity index is 1.35. The molecule has 1 aromatic rings. The number of nitrogens with zero attached hydrogens (tertiary/aromatic N) is 1. The van der Waals surface area contributed by atoms with E-state index in [1.807, 2.05) is 0 Å². The summed E-state index contributed by atoms with van der Waals surface area (Å²) in [5, 5.41) is 68.1. The standard InChI is InChI=1S/C30H51N7O13/c1-10-19(38)22(41)17(35)28(45-10)48-25-14(34)6-13(33)20(39)27(25)50-30-24(43)26(49-29-18(36)23(42)21(40)15(7-31)46-29)16(47-30)8-37-44-9-11-2-4-12(32)5-3-11/h2-5,8,10,13-30,38-43H,6-7,9,31-36H2,1H3/b37-8+/t10-,13-,14+,15+,16-,17-,18-,19-,20+,21-,22-,23-,24-,25-,26-,27-,28-,29-,30+/m1/s1. The second-order valence-electron chi connectivity index (χ2n) is 13.2. The molecule has 1 saturated carbocycles. The van der Waals surface area contributed by atoms with Crippen molar-refractivity contribution in [1.82, 2.24) is 0 Å². The van der Waals surface area contributed by atoms with Gasteiger partial charge in [-0.15, -0.1) is 0 Å². The van der Waals surface area contributed by atoms with Crippen LogP contribution in [0, 0.1) is 0 Å². The summed E-state index contributed by atoms with van der Waals surface area (Å²) in [5.74, 6) is 0. The molecule has 4 fully saturated rings. The SMILES string of the molecule is C[C@H]1O[C@H](O[C@H]2[C@H](O[C@@H]3O[C@H](/C=N/OCc4ccc(N)cc4)[C@@H](O[C@H]4O[C@@H](CN)[C@@H](O)[C@H](O)[C@H]4N)[C@H]3O)[C@@H](O)[C@H](N)C[C@@H]2N)[C@H](N)[C@@H](O)[C@@H]1O. The number of nitrogen functional groups attached to an aromatic ring is 1. The highest BCUT2D eigenvalue weighted by Crippen LogP contribution is 2.34. The van der Waals surface area contributed by atoms with Gasteiger partial charge in [0.05, 0.1) is 30.5 Å². The molecule has 18 N–H and O–H groups in total. The van der Waals surface area contributed by atoms with Gasteiger partial charge in [0.1, 0.15) is 67.6 Å². The molecule has 0 bridgehead atoms. The third kappa shape index (κ3) is 8.37. The number of anilines is 1. The Morgan fingerprint density at radius 1 is 0.720 bits per heavy atom.